The van der Waals surface area contributed by atoms with Crippen molar-refractivity contribution in [1.82, 2.24) is 9.97 Å². The second-order valence-corrected chi connectivity index (χ2v) is 12.1. The maximum absolute atomic E-state index is 13.8. The molecule has 1 aromatic carbocycles. The highest BCUT2D eigenvalue weighted by molar-refractivity contribution is 7.91. The van der Waals surface area contributed by atoms with Crippen molar-refractivity contribution < 1.29 is 17.9 Å². The van der Waals surface area contributed by atoms with Crippen LogP contribution in [0.4, 0.5) is 5.82 Å². The fourth-order valence-corrected chi connectivity index (χ4v) is 6.33. The summed E-state index contributed by atoms with van der Waals surface area (Å²) in [4.78, 5) is 23.1. The summed E-state index contributed by atoms with van der Waals surface area (Å²) in [6, 6.07) is 13.4. The number of sulfone groups is 1. The zero-order valence-electron chi connectivity index (χ0n) is 21.2. The molecule has 2 aromatic heterocycles. The van der Waals surface area contributed by atoms with E-state index in [0.29, 0.717) is 18.2 Å². The maximum atomic E-state index is 13.8. The number of ether oxygens (including phenoxy) is 1. The van der Waals surface area contributed by atoms with Gasteiger partial charge in [-0.3, -0.25) is 4.79 Å². The Bertz CT molecular complexity index is 1400. The minimum absolute atomic E-state index is 0.127. The van der Waals surface area contributed by atoms with Gasteiger partial charge in [0.2, 0.25) is 15.7 Å². The van der Waals surface area contributed by atoms with Crippen LogP contribution in [0.25, 0.3) is 0 Å². The van der Waals surface area contributed by atoms with E-state index in [4.69, 9.17) is 10.5 Å². The first-order chi connectivity index (χ1) is 16.9. The molecule has 1 fully saturated rings. The van der Waals surface area contributed by atoms with E-state index in [1.54, 1.807) is 12.1 Å². The summed E-state index contributed by atoms with van der Waals surface area (Å²) in [5.74, 6) is 0.713. The first-order valence-corrected chi connectivity index (χ1v) is 13.5. The van der Waals surface area contributed by atoms with Crippen molar-refractivity contribution in [3.05, 3.63) is 65.9 Å². The number of hydrogen-bond acceptors (Lipinski definition) is 7. The Labute approximate surface area is 212 Å². The smallest absolute Gasteiger partial charge is 0.253 e. The van der Waals surface area contributed by atoms with Crippen LogP contribution in [0.1, 0.15) is 62.9 Å². The van der Waals surface area contributed by atoms with Crippen molar-refractivity contribution >= 4 is 21.6 Å². The van der Waals surface area contributed by atoms with Gasteiger partial charge in [0.05, 0.1) is 4.90 Å². The lowest BCUT2D eigenvalue weighted by atomic mass is 9.97. The predicted molar refractivity (Wildman–Crippen MR) is 138 cm³/mol. The molecule has 0 saturated carbocycles. The number of pyridine rings is 2. The molecule has 3 heterocycles. The predicted octanol–water partition coefficient (Wildman–Crippen LogP) is 4.95. The molecule has 8 nitrogen and oxygen atoms in total. The summed E-state index contributed by atoms with van der Waals surface area (Å²) in [5.41, 5.74) is 6.28. The summed E-state index contributed by atoms with van der Waals surface area (Å²) in [5, 5.41) is -0.240. The molecule has 0 spiro atoms. The van der Waals surface area contributed by atoms with Gasteiger partial charge in [0, 0.05) is 24.3 Å². The minimum atomic E-state index is -4.22. The van der Waals surface area contributed by atoms with Crippen molar-refractivity contribution in [1.29, 1.82) is 0 Å². The van der Waals surface area contributed by atoms with Crippen LogP contribution in [-0.2, 0) is 9.84 Å². The number of carbonyl (C=O) groups excluding carboxylic acids is 1. The van der Waals surface area contributed by atoms with Crippen molar-refractivity contribution in [3.63, 3.8) is 0 Å². The van der Waals surface area contributed by atoms with Gasteiger partial charge in [0.1, 0.15) is 17.1 Å². The van der Waals surface area contributed by atoms with Gasteiger partial charge in [-0.2, -0.15) is 0 Å². The lowest BCUT2D eigenvalue weighted by molar-refractivity contribution is 0.0997. The number of primary amides is 1. The van der Waals surface area contributed by atoms with Crippen LogP contribution in [0.3, 0.4) is 0 Å². The number of rotatable bonds is 7. The number of hydrogen-bond donors (Lipinski definition) is 1. The van der Waals surface area contributed by atoms with Crippen LogP contribution in [0.5, 0.6) is 11.6 Å². The Balaban J connectivity index is 1.78. The second-order valence-electron chi connectivity index (χ2n) is 10.2. The topological polar surface area (TPSA) is 115 Å². The van der Waals surface area contributed by atoms with E-state index in [1.165, 1.54) is 18.3 Å². The second kappa shape index (κ2) is 9.54. The van der Waals surface area contributed by atoms with Gasteiger partial charge >= 0.3 is 0 Å². The standard InChI is InChI=1S/C27H32N4O4S/c1-17(2)19-9-6-7-10-20(19)35-22-11-8-12-23(30-22)36(33,34)21-13-14-29-26(24(21)25(28)32)31-16-18(3)15-27(31,4)5/h6-14,17-18H,15-16H2,1-5H3,(H2,28,32). The third kappa shape index (κ3) is 4.80. The van der Waals surface area contributed by atoms with Crippen LogP contribution < -0.4 is 15.4 Å². The Morgan fingerprint density at radius 2 is 1.86 bits per heavy atom. The molecule has 1 aliphatic rings. The van der Waals surface area contributed by atoms with Gasteiger partial charge in [0.15, 0.2) is 5.03 Å². The van der Waals surface area contributed by atoms with Gasteiger partial charge in [-0.1, -0.05) is 45.0 Å². The molecule has 0 aliphatic carbocycles. The molecule has 190 valence electrons. The Morgan fingerprint density at radius 1 is 1.14 bits per heavy atom. The molecule has 0 radical (unpaired) electrons. The Hall–Kier alpha value is -3.46. The highest BCUT2D eigenvalue weighted by Crippen LogP contribution is 2.39. The molecular formula is C27H32N4O4S. The lowest BCUT2D eigenvalue weighted by Gasteiger charge is -2.33. The van der Waals surface area contributed by atoms with Crippen molar-refractivity contribution in [2.24, 2.45) is 11.7 Å². The highest BCUT2D eigenvalue weighted by Gasteiger charge is 2.40. The fraction of sp³-hybridized carbons (Fsp3) is 0.370. The van der Waals surface area contributed by atoms with Gasteiger partial charge in [-0.25, -0.2) is 18.4 Å². The highest BCUT2D eigenvalue weighted by atomic mass is 32.2. The van der Waals surface area contributed by atoms with Gasteiger partial charge in [-0.15, -0.1) is 0 Å². The molecule has 1 aliphatic heterocycles. The van der Waals surface area contributed by atoms with Gasteiger partial charge in [0.25, 0.3) is 5.91 Å². The number of aromatic nitrogens is 2. The third-order valence-corrected chi connectivity index (χ3v) is 8.18. The fourth-order valence-electron chi connectivity index (χ4n) is 4.93. The average Bonchev–Trinajstić information content (AvgIpc) is 3.10. The van der Waals surface area contributed by atoms with Crippen LogP contribution >= 0.6 is 0 Å². The number of anilines is 1. The van der Waals surface area contributed by atoms with Crippen molar-refractivity contribution in [2.75, 3.05) is 11.4 Å². The molecule has 0 bridgehead atoms. The van der Waals surface area contributed by atoms with E-state index in [9.17, 15) is 13.2 Å². The number of para-hydroxylation sites is 1. The molecule has 9 heteroatoms. The monoisotopic (exact) mass is 508 g/mol. The molecule has 4 rings (SSSR count). The molecule has 1 saturated heterocycles. The van der Waals surface area contributed by atoms with Crippen LogP contribution in [0.2, 0.25) is 0 Å². The Morgan fingerprint density at radius 3 is 2.50 bits per heavy atom. The average molecular weight is 509 g/mol. The molecule has 1 unspecified atom stereocenters. The molecule has 3 aromatic rings. The summed E-state index contributed by atoms with van der Waals surface area (Å²) >= 11 is 0. The zero-order valence-corrected chi connectivity index (χ0v) is 22.0. The molecule has 2 N–H and O–H groups in total. The van der Waals surface area contributed by atoms with Crippen LogP contribution in [0, 0.1) is 5.92 Å². The number of amides is 1. The van der Waals surface area contributed by atoms with Crippen LogP contribution in [0.15, 0.2) is 64.6 Å². The normalized spacial score (nSPS) is 17.4. The molecule has 36 heavy (non-hydrogen) atoms. The maximum Gasteiger partial charge on any atom is 0.253 e. The summed E-state index contributed by atoms with van der Waals surface area (Å²) in [7, 11) is -4.22. The third-order valence-electron chi connectivity index (χ3n) is 6.49. The van der Waals surface area contributed by atoms with E-state index in [2.05, 4.69) is 16.9 Å². The largest absolute Gasteiger partial charge is 0.439 e. The number of carbonyl (C=O) groups is 1. The van der Waals surface area contributed by atoms with E-state index < -0.39 is 15.7 Å². The SMILES string of the molecule is CC1CN(c2nccc(S(=O)(=O)c3cccc(Oc4ccccc4C(C)C)n3)c2C(N)=O)C(C)(C)C1. The summed E-state index contributed by atoms with van der Waals surface area (Å²) in [6.07, 6.45) is 2.27. The molecular weight excluding hydrogens is 476 g/mol. The van der Waals surface area contributed by atoms with E-state index in [1.807, 2.05) is 56.9 Å². The van der Waals surface area contributed by atoms with Gasteiger partial charge in [-0.05, 0) is 55.9 Å². The van der Waals surface area contributed by atoms with Crippen molar-refractivity contribution in [2.45, 2.75) is 62.4 Å². The summed E-state index contributed by atoms with van der Waals surface area (Å²) in [6.45, 7) is 10.9. The zero-order chi connectivity index (χ0) is 26.3. The number of nitrogens with two attached hydrogens (primary N) is 1. The van der Waals surface area contributed by atoms with E-state index in [-0.39, 0.29) is 38.6 Å². The quantitative estimate of drug-likeness (QED) is 0.480. The van der Waals surface area contributed by atoms with E-state index >= 15 is 0 Å². The van der Waals surface area contributed by atoms with E-state index in [0.717, 1.165) is 12.0 Å². The van der Waals surface area contributed by atoms with Gasteiger partial charge < -0.3 is 15.4 Å². The minimum Gasteiger partial charge on any atom is -0.439 e. The van der Waals surface area contributed by atoms with Crippen molar-refractivity contribution in [3.8, 4) is 11.6 Å². The van der Waals surface area contributed by atoms with Crippen LogP contribution in [-0.4, -0.2) is 36.4 Å². The molecule has 1 atom stereocenters. The first-order valence-electron chi connectivity index (χ1n) is 12.0. The molecule has 1 amide bonds. The first kappa shape index (κ1) is 25.6. The lowest BCUT2D eigenvalue weighted by Crippen LogP contribution is -2.40. The number of nitrogens with zero attached hydrogens (tertiary/aromatic N) is 3. The Kier molecular flexibility index (Phi) is 6.79. The number of benzene rings is 1. The summed E-state index contributed by atoms with van der Waals surface area (Å²) < 4.78 is 33.5.